The van der Waals surface area contributed by atoms with Crippen molar-refractivity contribution in [2.24, 2.45) is 5.92 Å². The molecule has 1 saturated heterocycles. The standard InChI is InChI=1S/C23H26N2O4/c1-4-17-6-8-19(9-7-17)24-21(26)14-29-23(28)18-12-22(27)25(13-18)20-10-5-15(2)16(3)11-20/h5-11,18H,4,12-14H2,1-3H3,(H,24,26)/t18-/m1/s1. The van der Waals surface area contributed by atoms with Crippen LogP contribution in [0.1, 0.15) is 30.0 Å². The number of hydrogen-bond donors (Lipinski definition) is 1. The molecule has 152 valence electrons. The van der Waals surface area contributed by atoms with Gasteiger partial charge in [0.2, 0.25) is 5.91 Å². The maximum absolute atomic E-state index is 12.4. The molecule has 6 heteroatoms. The number of aryl methyl sites for hydroxylation is 3. The molecule has 6 nitrogen and oxygen atoms in total. The summed E-state index contributed by atoms with van der Waals surface area (Å²) in [5, 5.41) is 2.70. The monoisotopic (exact) mass is 394 g/mol. The van der Waals surface area contributed by atoms with Gasteiger partial charge in [-0.1, -0.05) is 25.1 Å². The number of anilines is 2. The quantitative estimate of drug-likeness (QED) is 0.762. The number of benzene rings is 2. The fraction of sp³-hybridized carbons (Fsp3) is 0.348. The van der Waals surface area contributed by atoms with Gasteiger partial charge in [0.1, 0.15) is 0 Å². The van der Waals surface area contributed by atoms with Crippen molar-refractivity contribution in [3.8, 4) is 0 Å². The Labute approximate surface area is 170 Å². The van der Waals surface area contributed by atoms with Crippen LogP contribution in [0.2, 0.25) is 0 Å². The molecule has 1 aliphatic rings. The van der Waals surface area contributed by atoms with E-state index in [4.69, 9.17) is 4.74 Å². The third-order valence-corrected chi connectivity index (χ3v) is 5.25. The van der Waals surface area contributed by atoms with Gasteiger partial charge < -0.3 is 15.0 Å². The third-order valence-electron chi connectivity index (χ3n) is 5.25. The predicted octanol–water partition coefficient (Wildman–Crippen LogP) is 3.40. The molecule has 1 fully saturated rings. The predicted molar refractivity (Wildman–Crippen MR) is 112 cm³/mol. The number of rotatable bonds is 6. The van der Waals surface area contributed by atoms with E-state index in [9.17, 15) is 14.4 Å². The van der Waals surface area contributed by atoms with Gasteiger partial charge >= 0.3 is 5.97 Å². The zero-order valence-corrected chi connectivity index (χ0v) is 17.0. The Balaban J connectivity index is 1.52. The summed E-state index contributed by atoms with van der Waals surface area (Å²) in [5.74, 6) is -1.62. The number of esters is 1. The zero-order valence-electron chi connectivity index (χ0n) is 17.0. The zero-order chi connectivity index (χ0) is 21.0. The van der Waals surface area contributed by atoms with E-state index in [0.717, 1.165) is 23.2 Å². The Kier molecular flexibility index (Phi) is 6.32. The molecule has 0 unspecified atom stereocenters. The Morgan fingerprint density at radius 2 is 1.83 bits per heavy atom. The molecular weight excluding hydrogens is 368 g/mol. The minimum atomic E-state index is -0.569. The summed E-state index contributed by atoms with van der Waals surface area (Å²) in [6.07, 6.45) is 1.01. The first-order valence-corrected chi connectivity index (χ1v) is 9.80. The number of carbonyl (C=O) groups is 3. The third kappa shape index (κ3) is 5.02. The maximum atomic E-state index is 12.4. The lowest BCUT2D eigenvalue weighted by Crippen LogP contribution is -2.28. The maximum Gasteiger partial charge on any atom is 0.311 e. The van der Waals surface area contributed by atoms with Crippen molar-refractivity contribution in [3.05, 3.63) is 59.2 Å². The van der Waals surface area contributed by atoms with Crippen LogP contribution >= 0.6 is 0 Å². The van der Waals surface area contributed by atoms with E-state index in [1.165, 1.54) is 5.56 Å². The Morgan fingerprint density at radius 3 is 2.48 bits per heavy atom. The molecule has 0 spiro atoms. The molecule has 1 N–H and O–H groups in total. The van der Waals surface area contributed by atoms with Crippen LogP contribution in [0, 0.1) is 19.8 Å². The van der Waals surface area contributed by atoms with E-state index < -0.39 is 17.8 Å². The average Bonchev–Trinajstić information content (AvgIpc) is 3.10. The highest BCUT2D eigenvalue weighted by molar-refractivity contribution is 6.00. The van der Waals surface area contributed by atoms with Gasteiger partial charge in [-0.05, 0) is 61.2 Å². The van der Waals surface area contributed by atoms with E-state index >= 15 is 0 Å². The molecule has 2 amide bonds. The van der Waals surface area contributed by atoms with Crippen LogP contribution in [0.15, 0.2) is 42.5 Å². The molecule has 1 aliphatic heterocycles. The summed E-state index contributed by atoms with van der Waals surface area (Å²) in [5.41, 5.74) is 4.84. The number of hydrogen-bond acceptors (Lipinski definition) is 4. The highest BCUT2D eigenvalue weighted by Gasteiger charge is 2.36. The Hall–Kier alpha value is -3.15. The van der Waals surface area contributed by atoms with Crippen molar-refractivity contribution in [1.82, 2.24) is 0 Å². The van der Waals surface area contributed by atoms with E-state index in [0.29, 0.717) is 5.69 Å². The van der Waals surface area contributed by atoms with Gasteiger partial charge in [0.05, 0.1) is 5.92 Å². The van der Waals surface area contributed by atoms with Gasteiger partial charge in [-0.2, -0.15) is 0 Å². The normalized spacial score (nSPS) is 16.0. The van der Waals surface area contributed by atoms with Crippen LogP contribution in [0.3, 0.4) is 0 Å². The first-order valence-electron chi connectivity index (χ1n) is 9.80. The van der Waals surface area contributed by atoms with Gasteiger partial charge in [-0.25, -0.2) is 0 Å². The lowest BCUT2D eigenvalue weighted by molar-refractivity contribution is -0.151. The second-order valence-corrected chi connectivity index (χ2v) is 7.38. The molecule has 2 aromatic rings. The molecule has 0 saturated carbocycles. The molecule has 1 atom stereocenters. The fourth-order valence-corrected chi connectivity index (χ4v) is 3.28. The summed E-state index contributed by atoms with van der Waals surface area (Å²) in [4.78, 5) is 38.3. The molecule has 0 bridgehead atoms. The van der Waals surface area contributed by atoms with Crippen LogP contribution in [0.25, 0.3) is 0 Å². The summed E-state index contributed by atoms with van der Waals surface area (Å²) >= 11 is 0. The SMILES string of the molecule is CCc1ccc(NC(=O)COC(=O)[C@@H]2CC(=O)N(c3ccc(C)c(C)c3)C2)cc1. The van der Waals surface area contributed by atoms with Crippen molar-refractivity contribution in [2.45, 2.75) is 33.6 Å². The number of ether oxygens (including phenoxy) is 1. The Bertz CT molecular complexity index is 921. The summed E-state index contributed by atoms with van der Waals surface area (Å²) < 4.78 is 5.15. The molecule has 29 heavy (non-hydrogen) atoms. The highest BCUT2D eigenvalue weighted by Crippen LogP contribution is 2.27. The molecule has 2 aromatic carbocycles. The summed E-state index contributed by atoms with van der Waals surface area (Å²) in [7, 11) is 0. The molecule has 1 heterocycles. The van der Waals surface area contributed by atoms with Crippen molar-refractivity contribution in [2.75, 3.05) is 23.4 Å². The number of carbonyl (C=O) groups excluding carboxylic acids is 3. The smallest absolute Gasteiger partial charge is 0.311 e. The minimum Gasteiger partial charge on any atom is -0.455 e. The van der Waals surface area contributed by atoms with Crippen molar-refractivity contribution in [1.29, 1.82) is 0 Å². The first-order chi connectivity index (χ1) is 13.9. The van der Waals surface area contributed by atoms with Crippen LogP contribution in [-0.4, -0.2) is 30.9 Å². The van der Waals surface area contributed by atoms with Crippen LogP contribution in [-0.2, 0) is 25.5 Å². The molecule has 0 aliphatic carbocycles. The van der Waals surface area contributed by atoms with E-state index in [-0.39, 0.29) is 25.5 Å². The summed E-state index contributed by atoms with van der Waals surface area (Å²) in [6.45, 7) is 5.94. The highest BCUT2D eigenvalue weighted by atomic mass is 16.5. The van der Waals surface area contributed by atoms with Gasteiger partial charge in [0.15, 0.2) is 6.61 Å². The minimum absolute atomic E-state index is 0.0891. The van der Waals surface area contributed by atoms with E-state index in [2.05, 4.69) is 12.2 Å². The number of nitrogens with one attached hydrogen (secondary N) is 1. The van der Waals surface area contributed by atoms with Gasteiger partial charge in [-0.15, -0.1) is 0 Å². The van der Waals surface area contributed by atoms with Crippen molar-refractivity contribution >= 4 is 29.2 Å². The second kappa shape index (κ2) is 8.90. The average molecular weight is 394 g/mol. The first kappa shape index (κ1) is 20.6. The van der Waals surface area contributed by atoms with E-state index in [1.54, 1.807) is 4.90 Å². The molecule has 3 rings (SSSR count). The summed E-state index contributed by atoms with van der Waals surface area (Å²) in [6, 6.07) is 13.3. The number of amides is 2. The molecule has 0 aromatic heterocycles. The fourth-order valence-electron chi connectivity index (χ4n) is 3.28. The molecular formula is C23H26N2O4. The lowest BCUT2D eigenvalue weighted by atomic mass is 10.1. The van der Waals surface area contributed by atoms with Crippen LogP contribution in [0.5, 0.6) is 0 Å². The van der Waals surface area contributed by atoms with Crippen LogP contribution < -0.4 is 10.2 Å². The van der Waals surface area contributed by atoms with Gasteiger partial charge in [0, 0.05) is 24.3 Å². The van der Waals surface area contributed by atoms with Gasteiger partial charge in [0.25, 0.3) is 5.91 Å². The lowest BCUT2D eigenvalue weighted by Gasteiger charge is -2.17. The molecule has 0 radical (unpaired) electrons. The van der Waals surface area contributed by atoms with Crippen molar-refractivity contribution in [3.63, 3.8) is 0 Å². The van der Waals surface area contributed by atoms with Crippen molar-refractivity contribution < 1.29 is 19.1 Å². The van der Waals surface area contributed by atoms with Crippen LogP contribution in [0.4, 0.5) is 11.4 Å². The van der Waals surface area contributed by atoms with E-state index in [1.807, 2.05) is 56.3 Å². The second-order valence-electron chi connectivity index (χ2n) is 7.38. The largest absolute Gasteiger partial charge is 0.455 e. The Morgan fingerprint density at radius 1 is 1.10 bits per heavy atom. The van der Waals surface area contributed by atoms with Gasteiger partial charge in [-0.3, -0.25) is 14.4 Å². The topological polar surface area (TPSA) is 75.7 Å². The number of nitrogens with zero attached hydrogens (tertiary/aromatic N) is 1.